The van der Waals surface area contributed by atoms with E-state index in [-0.39, 0.29) is 5.75 Å². The third kappa shape index (κ3) is 7.30. The second kappa shape index (κ2) is 8.09. The van der Waals surface area contributed by atoms with E-state index in [0.717, 1.165) is 19.2 Å². The molecule has 0 aliphatic rings. The second-order valence-corrected chi connectivity index (χ2v) is 9.26. The molecule has 132 valence electrons. The predicted octanol–water partition coefficient (Wildman–Crippen LogP) is 0.957. The highest BCUT2D eigenvalue weighted by molar-refractivity contribution is 7.89. The zero-order valence-electron chi connectivity index (χ0n) is 13.8. The van der Waals surface area contributed by atoms with Gasteiger partial charge in [-0.25, -0.2) is 13.1 Å². The minimum absolute atomic E-state index is 0.153. The average Bonchev–Trinajstić information content (AvgIpc) is 2.42. The van der Waals surface area contributed by atoms with Gasteiger partial charge in [0.25, 0.3) is 0 Å². The normalized spacial score (nSPS) is 14.0. The summed E-state index contributed by atoms with van der Waals surface area (Å²) in [5.74, 6) is 0.153. The molecule has 7 nitrogen and oxygen atoms in total. The maximum Gasteiger partial charge on any atom is 0.306 e. The van der Waals surface area contributed by atoms with E-state index in [2.05, 4.69) is 4.72 Å². The Hall–Kier alpha value is -1.16. The van der Waals surface area contributed by atoms with E-state index in [4.69, 9.17) is 4.18 Å². The Balaban J connectivity index is 2.70. The highest BCUT2D eigenvalue weighted by Crippen LogP contribution is 2.23. The molecule has 0 bridgehead atoms. The van der Waals surface area contributed by atoms with Gasteiger partial charge in [0.1, 0.15) is 5.75 Å². The van der Waals surface area contributed by atoms with Crippen LogP contribution in [-0.4, -0.2) is 55.2 Å². The van der Waals surface area contributed by atoms with Crippen LogP contribution in [-0.2, 0) is 20.1 Å². The Morgan fingerprint density at radius 2 is 1.70 bits per heavy atom. The molecule has 1 N–H and O–H groups in total. The van der Waals surface area contributed by atoms with Crippen molar-refractivity contribution in [1.82, 2.24) is 9.62 Å². The number of sulfonamides is 1. The van der Waals surface area contributed by atoms with Crippen molar-refractivity contribution in [3.05, 3.63) is 29.8 Å². The van der Waals surface area contributed by atoms with Gasteiger partial charge in [0.2, 0.25) is 10.0 Å². The Kier molecular flexibility index (Phi) is 7.00. The average molecular weight is 364 g/mol. The Morgan fingerprint density at radius 1 is 1.13 bits per heavy atom. The molecule has 1 aromatic carbocycles. The van der Waals surface area contributed by atoms with E-state index in [1.165, 1.54) is 12.1 Å². The SMILES string of the molecule is CC(c1ccc(OS(C)(=O)=O)cc1)S(=O)(=O)NCCCN(C)C. The number of nitrogens with one attached hydrogen (secondary N) is 1. The Labute approximate surface area is 138 Å². The largest absolute Gasteiger partial charge is 0.383 e. The quantitative estimate of drug-likeness (QED) is 0.518. The van der Waals surface area contributed by atoms with Crippen LogP contribution in [0.4, 0.5) is 0 Å². The van der Waals surface area contributed by atoms with Gasteiger partial charge < -0.3 is 9.08 Å². The van der Waals surface area contributed by atoms with E-state index in [9.17, 15) is 16.8 Å². The first-order chi connectivity index (χ1) is 10.5. The molecule has 1 unspecified atom stereocenters. The number of benzene rings is 1. The monoisotopic (exact) mass is 364 g/mol. The molecular weight excluding hydrogens is 340 g/mol. The van der Waals surface area contributed by atoms with Crippen LogP contribution in [0.15, 0.2) is 24.3 Å². The van der Waals surface area contributed by atoms with E-state index < -0.39 is 25.4 Å². The zero-order chi connectivity index (χ0) is 17.7. The highest BCUT2D eigenvalue weighted by Gasteiger charge is 2.22. The molecule has 0 aliphatic heterocycles. The van der Waals surface area contributed by atoms with Crippen molar-refractivity contribution in [1.29, 1.82) is 0 Å². The molecule has 0 amide bonds. The van der Waals surface area contributed by atoms with Gasteiger partial charge in [-0.2, -0.15) is 8.42 Å². The first kappa shape index (κ1) is 19.9. The van der Waals surface area contributed by atoms with Crippen LogP contribution in [0.2, 0.25) is 0 Å². The number of rotatable bonds is 9. The van der Waals surface area contributed by atoms with Crippen LogP contribution in [0.25, 0.3) is 0 Å². The summed E-state index contributed by atoms with van der Waals surface area (Å²) in [6.45, 7) is 2.76. The van der Waals surface area contributed by atoms with Gasteiger partial charge in [-0.3, -0.25) is 0 Å². The number of hydrogen-bond acceptors (Lipinski definition) is 6. The molecule has 1 rings (SSSR count). The van der Waals surface area contributed by atoms with Crippen molar-refractivity contribution in [2.75, 3.05) is 33.4 Å². The summed E-state index contributed by atoms with van der Waals surface area (Å²) in [6.07, 6.45) is 1.67. The fraction of sp³-hybridized carbons (Fsp3) is 0.571. The lowest BCUT2D eigenvalue weighted by molar-refractivity contribution is 0.400. The van der Waals surface area contributed by atoms with E-state index in [1.807, 2.05) is 19.0 Å². The Bertz CT molecular complexity index is 697. The van der Waals surface area contributed by atoms with Crippen LogP contribution in [0.1, 0.15) is 24.2 Å². The Morgan fingerprint density at radius 3 is 2.17 bits per heavy atom. The third-order valence-corrected chi connectivity index (χ3v) is 5.45. The van der Waals surface area contributed by atoms with E-state index in [0.29, 0.717) is 12.1 Å². The van der Waals surface area contributed by atoms with E-state index >= 15 is 0 Å². The molecule has 1 aromatic rings. The van der Waals surface area contributed by atoms with Crippen molar-refractivity contribution in [2.24, 2.45) is 0 Å². The van der Waals surface area contributed by atoms with Gasteiger partial charge >= 0.3 is 10.1 Å². The van der Waals surface area contributed by atoms with Crippen molar-refractivity contribution >= 4 is 20.1 Å². The van der Waals surface area contributed by atoms with E-state index in [1.54, 1.807) is 19.1 Å². The van der Waals surface area contributed by atoms with Gasteiger partial charge in [-0.15, -0.1) is 0 Å². The van der Waals surface area contributed by atoms with Crippen molar-refractivity contribution in [3.8, 4) is 5.75 Å². The lowest BCUT2D eigenvalue weighted by Crippen LogP contribution is -2.30. The molecule has 0 radical (unpaired) electrons. The van der Waals surface area contributed by atoms with Crippen molar-refractivity contribution in [3.63, 3.8) is 0 Å². The summed E-state index contributed by atoms with van der Waals surface area (Å²) in [5.41, 5.74) is 0.561. The summed E-state index contributed by atoms with van der Waals surface area (Å²) in [6, 6.07) is 5.97. The topological polar surface area (TPSA) is 92.8 Å². The van der Waals surface area contributed by atoms with Gasteiger partial charge in [-0.05, 0) is 51.7 Å². The molecule has 1 atom stereocenters. The minimum atomic E-state index is -3.60. The number of hydrogen-bond donors (Lipinski definition) is 1. The molecule has 0 aromatic heterocycles. The zero-order valence-corrected chi connectivity index (χ0v) is 15.4. The molecular formula is C14H24N2O5S2. The van der Waals surface area contributed by atoms with Crippen LogP contribution in [0.5, 0.6) is 5.75 Å². The fourth-order valence-electron chi connectivity index (χ4n) is 1.88. The number of nitrogens with zero attached hydrogens (tertiary/aromatic N) is 1. The summed E-state index contributed by atoms with van der Waals surface area (Å²) in [7, 11) is -3.23. The highest BCUT2D eigenvalue weighted by atomic mass is 32.2. The summed E-state index contributed by atoms with van der Waals surface area (Å²) in [5, 5.41) is -0.742. The summed E-state index contributed by atoms with van der Waals surface area (Å²) in [4.78, 5) is 1.98. The molecule has 9 heteroatoms. The molecule has 0 fully saturated rings. The smallest absolute Gasteiger partial charge is 0.306 e. The maximum absolute atomic E-state index is 12.2. The summed E-state index contributed by atoms with van der Waals surface area (Å²) >= 11 is 0. The standard InChI is InChI=1S/C14H24N2O5S2/c1-12(23(19,20)15-10-5-11-16(2)3)13-6-8-14(9-7-13)21-22(4,17)18/h6-9,12,15H,5,10-11H2,1-4H3. The van der Waals surface area contributed by atoms with Gasteiger partial charge in [0.05, 0.1) is 11.5 Å². The fourth-order valence-corrected chi connectivity index (χ4v) is 3.54. The maximum atomic E-state index is 12.2. The van der Waals surface area contributed by atoms with Crippen molar-refractivity contribution in [2.45, 2.75) is 18.6 Å². The van der Waals surface area contributed by atoms with Crippen LogP contribution >= 0.6 is 0 Å². The van der Waals surface area contributed by atoms with Crippen molar-refractivity contribution < 1.29 is 21.0 Å². The first-order valence-electron chi connectivity index (χ1n) is 7.14. The second-order valence-electron chi connectivity index (χ2n) is 5.59. The molecule has 0 saturated carbocycles. The summed E-state index contributed by atoms with van der Waals surface area (Å²) < 4.78 is 53.9. The lowest BCUT2D eigenvalue weighted by atomic mass is 10.2. The molecule has 0 heterocycles. The van der Waals surface area contributed by atoms with Crippen LogP contribution in [0.3, 0.4) is 0 Å². The molecule has 0 aliphatic carbocycles. The van der Waals surface area contributed by atoms with Crippen LogP contribution < -0.4 is 8.91 Å². The predicted molar refractivity (Wildman–Crippen MR) is 90.4 cm³/mol. The first-order valence-corrected chi connectivity index (χ1v) is 10.5. The third-order valence-electron chi connectivity index (χ3n) is 3.15. The lowest BCUT2D eigenvalue weighted by Gasteiger charge is -2.15. The van der Waals surface area contributed by atoms with Gasteiger partial charge in [-0.1, -0.05) is 12.1 Å². The molecule has 0 saturated heterocycles. The van der Waals surface area contributed by atoms with Gasteiger partial charge in [0, 0.05) is 6.54 Å². The minimum Gasteiger partial charge on any atom is -0.383 e. The molecule has 23 heavy (non-hydrogen) atoms. The molecule has 0 spiro atoms. The van der Waals surface area contributed by atoms with Crippen LogP contribution in [0, 0.1) is 0 Å². The van der Waals surface area contributed by atoms with Gasteiger partial charge in [0.15, 0.2) is 0 Å².